The zero-order valence-corrected chi connectivity index (χ0v) is 14.4. The zero-order valence-electron chi connectivity index (χ0n) is 12.1. The number of non-ortho nitro benzene ring substituents is 1. The highest BCUT2D eigenvalue weighted by molar-refractivity contribution is 6.35. The molecule has 2 aromatic rings. The molecule has 9 heteroatoms. The molecule has 0 bridgehead atoms. The number of rotatable bonds is 4. The van der Waals surface area contributed by atoms with E-state index in [0.29, 0.717) is 5.56 Å². The Bertz CT molecular complexity index is 830. The molecule has 2 rings (SSSR count). The van der Waals surface area contributed by atoms with E-state index in [2.05, 4.69) is 5.32 Å². The van der Waals surface area contributed by atoms with Gasteiger partial charge in [-0.3, -0.25) is 14.9 Å². The van der Waals surface area contributed by atoms with Gasteiger partial charge in [-0.25, -0.2) is 4.39 Å². The van der Waals surface area contributed by atoms with Crippen molar-refractivity contribution < 1.29 is 14.1 Å². The van der Waals surface area contributed by atoms with Gasteiger partial charge in [-0.15, -0.1) is 0 Å². The van der Waals surface area contributed by atoms with E-state index >= 15 is 0 Å². The summed E-state index contributed by atoms with van der Waals surface area (Å²) in [6, 6.07) is 5.23. The molecule has 0 aliphatic carbocycles. The van der Waals surface area contributed by atoms with E-state index in [9.17, 15) is 19.3 Å². The van der Waals surface area contributed by atoms with Gasteiger partial charge in [-0.1, -0.05) is 34.8 Å². The average Bonchev–Trinajstić information content (AvgIpc) is 2.50. The van der Waals surface area contributed by atoms with Crippen molar-refractivity contribution in [1.29, 1.82) is 0 Å². The van der Waals surface area contributed by atoms with Crippen molar-refractivity contribution >= 4 is 46.4 Å². The minimum absolute atomic E-state index is 0.0553. The first-order chi connectivity index (χ1) is 11.2. The zero-order chi connectivity index (χ0) is 18.0. The molecule has 0 aromatic heterocycles. The first-order valence-corrected chi connectivity index (χ1v) is 7.73. The van der Waals surface area contributed by atoms with Gasteiger partial charge < -0.3 is 5.32 Å². The molecule has 0 aliphatic heterocycles. The largest absolute Gasteiger partial charge is 0.345 e. The van der Waals surface area contributed by atoms with Crippen LogP contribution in [0.2, 0.25) is 15.1 Å². The van der Waals surface area contributed by atoms with Crippen LogP contribution >= 0.6 is 34.8 Å². The van der Waals surface area contributed by atoms with Gasteiger partial charge in [0.05, 0.1) is 26.6 Å². The molecule has 0 aliphatic rings. The smallest absolute Gasteiger partial charge is 0.270 e. The van der Waals surface area contributed by atoms with Crippen molar-refractivity contribution in [2.24, 2.45) is 0 Å². The maximum absolute atomic E-state index is 13.6. The minimum atomic E-state index is -0.662. The fourth-order valence-corrected chi connectivity index (χ4v) is 2.83. The van der Waals surface area contributed by atoms with Crippen LogP contribution in [0.25, 0.3) is 0 Å². The quantitative estimate of drug-likeness (QED) is 0.443. The highest BCUT2D eigenvalue weighted by Crippen LogP contribution is 2.29. The van der Waals surface area contributed by atoms with Crippen LogP contribution in [0.3, 0.4) is 0 Å². The number of carbonyl (C=O) groups is 1. The molecule has 0 fully saturated rings. The Morgan fingerprint density at radius 3 is 2.42 bits per heavy atom. The number of hydrogen-bond acceptors (Lipinski definition) is 3. The number of nitrogens with zero attached hydrogens (tertiary/aromatic N) is 1. The third-order valence-electron chi connectivity index (χ3n) is 3.26. The maximum atomic E-state index is 13.6. The monoisotopic (exact) mass is 390 g/mol. The number of nitro groups is 1. The molecule has 0 unspecified atom stereocenters. The lowest BCUT2D eigenvalue weighted by Gasteiger charge is -2.17. The van der Waals surface area contributed by atoms with Gasteiger partial charge in [-0.05, 0) is 30.7 Å². The maximum Gasteiger partial charge on any atom is 0.270 e. The standard InChI is InChI=1S/C15H10Cl3FN2O3/c1-7(10-5-14(19)13(18)6-12(10)17)20-15(22)9-3-2-8(21(23)24)4-11(9)16/h2-7H,1H3,(H,20,22)/t7-/m1/s1. The Balaban J connectivity index is 2.23. The van der Waals surface area contributed by atoms with E-state index in [0.717, 1.165) is 12.1 Å². The SMILES string of the molecule is C[C@@H](NC(=O)c1ccc([N+](=O)[O-])cc1Cl)c1cc(F)c(Cl)cc1Cl. The molecule has 1 atom stereocenters. The lowest BCUT2D eigenvalue weighted by Crippen LogP contribution is -2.27. The lowest BCUT2D eigenvalue weighted by atomic mass is 10.1. The first kappa shape index (κ1) is 18.4. The molecule has 2 aromatic carbocycles. The molecular formula is C15H10Cl3FN2O3. The number of carbonyl (C=O) groups excluding carboxylic acids is 1. The van der Waals surface area contributed by atoms with E-state index in [4.69, 9.17) is 34.8 Å². The summed E-state index contributed by atoms with van der Waals surface area (Å²) in [6.07, 6.45) is 0. The van der Waals surface area contributed by atoms with Crippen LogP contribution in [0.5, 0.6) is 0 Å². The molecule has 0 spiro atoms. The molecule has 0 saturated carbocycles. The summed E-state index contributed by atoms with van der Waals surface area (Å²) < 4.78 is 13.6. The van der Waals surface area contributed by atoms with Gasteiger partial charge >= 0.3 is 0 Å². The Morgan fingerprint density at radius 2 is 1.83 bits per heavy atom. The Labute approximate surface area is 151 Å². The van der Waals surface area contributed by atoms with Crippen molar-refractivity contribution in [2.45, 2.75) is 13.0 Å². The number of halogens is 4. The number of amides is 1. The van der Waals surface area contributed by atoms with Crippen LogP contribution in [0.4, 0.5) is 10.1 Å². The Hall–Kier alpha value is -1.89. The van der Waals surface area contributed by atoms with E-state index in [1.165, 1.54) is 18.2 Å². The topological polar surface area (TPSA) is 72.2 Å². The summed E-state index contributed by atoms with van der Waals surface area (Å²) in [5, 5.41) is 13.3. The fraction of sp³-hybridized carbons (Fsp3) is 0.133. The summed E-state index contributed by atoms with van der Waals surface area (Å²) in [6.45, 7) is 1.60. The van der Waals surface area contributed by atoms with E-state index in [1.54, 1.807) is 6.92 Å². The average molecular weight is 392 g/mol. The van der Waals surface area contributed by atoms with Crippen LogP contribution in [-0.4, -0.2) is 10.8 Å². The molecule has 0 saturated heterocycles. The van der Waals surface area contributed by atoms with Crippen molar-refractivity contribution in [3.05, 3.63) is 72.5 Å². The van der Waals surface area contributed by atoms with Gasteiger partial charge in [0.15, 0.2) is 0 Å². The van der Waals surface area contributed by atoms with Gasteiger partial charge in [0.1, 0.15) is 5.82 Å². The van der Waals surface area contributed by atoms with Crippen LogP contribution in [0.1, 0.15) is 28.9 Å². The highest BCUT2D eigenvalue weighted by atomic mass is 35.5. The first-order valence-electron chi connectivity index (χ1n) is 6.60. The summed E-state index contributed by atoms with van der Waals surface area (Å²) in [4.78, 5) is 22.3. The van der Waals surface area contributed by atoms with Crippen molar-refractivity contribution in [2.75, 3.05) is 0 Å². The third kappa shape index (κ3) is 3.95. The van der Waals surface area contributed by atoms with Crippen molar-refractivity contribution in [3.8, 4) is 0 Å². The molecule has 1 N–H and O–H groups in total. The highest BCUT2D eigenvalue weighted by Gasteiger charge is 2.19. The molecule has 0 heterocycles. The summed E-state index contributed by atoms with van der Waals surface area (Å²) in [5.74, 6) is -1.24. The lowest BCUT2D eigenvalue weighted by molar-refractivity contribution is -0.384. The predicted molar refractivity (Wildman–Crippen MR) is 90.4 cm³/mol. The van der Waals surface area contributed by atoms with Gasteiger partial charge in [0, 0.05) is 17.2 Å². The second kappa shape index (κ2) is 7.34. The number of benzene rings is 2. The molecular weight excluding hydrogens is 382 g/mol. The van der Waals surface area contributed by atoms with Crippen LogP contribution < -0.4 is 5.32 Å². The molecule has 1 amide bonds. The second-order valence-corrected chi connectivity index (χ2v) is 6.13. The number of nitro benzene ring substituents is 1. The third-order valence-corrected chi connectivity index (χ3v) is 4.19. The number of nitrogens with one attached hydrogen (secondary N) is 1. The van der Waals surface area contributed by atoms with Gasteiger partial charge in [-0.2, -0.15) is 0 Å². The van der Waals surface area contributed by atoms with Crippen molar-refractivity contribution in [1.82, 2.24) is 5.32 Å². The fourth-order valence-electron chi connectivity index (χ4n) is 2.02. The summed E-state index contributed by atoms with van der Waals surface area (Å²) in [7, 11) is 0. The van der Waals surface area contributed by atoms with Crippen molar-refractivity contribution in [3.63, 3.8) is 0 Å². The van der Waals surface area contributed by atoms with E-state index in [1.807, 2.05) is 0 Å². The predicted octanol–water partition coefficient (Wildman–Crippen LogP) is 5.19. The van der Waals surface area contributed by atoms with Crippen LogP contribution in [-0.2, 0) is 0 Å². The van der Waals surface area contributed by atoms with Crippen LogP contribution in [0, 0.1) is 15.9 Å². The van der Waals surface area contributed by atoms with Crippen LogP contribution in [0.15, 0.2) is 30.3 Å². The van der Waals surface area contributed by atoms with Gasteiger partial charge in [0.25, 0.3) is 11.6 Å². The van der Waals surface area contributed by atoms with E-state index < -0.39 is 22.7 Å². The minimum Gasteiger partial charge on any atom is -0.345 e. The summed E-state index contributed by atoms with van der Waals surface area (Å²) >= 11 is 17.5. The van der Waals surface area contributed by atoms with Gasteiger partial charge in [0.2, 0.25) is 0 Å². The normalized spacial score (nSPS) is 11.9. The molecule has 0 radical (unpaired) electrons. The Morgan fingerprint density at radius 1 is 1.17 bits per heavy atom. The Kier molecular flexibility index (Phi) is 5.64. The summed E-state index contributed by atoms with van der Waals surface area (Å²) in [5.41, 5.74) is 0.164. The number of hydrogen-bond donors (Lipinski definition) is 1. The molecule has 5 nitrogen and oxygen atoms in total. The van der Waals surface area contributed by atoms with E-state index in [-0.39, 0.29) is 26.3 Å². The molecule has 24 heavy (non-hydrogen) atoms. The second-order valence-electron chi connectivity index (χ2n) is 4.90. The molecule has 126 valence electrons.